The second-order valence-corrected chi connectivity index (χ2v) is 14.2. The van der Waals surface area contributed by atoms with Crippen molar-refractivity contribution in [3.63, 3.8) is 0 Å². The van der Waals surface area contributed by atoms with E-state index in [2.05, 4.69) is 132 Å². The summed E-state index contributed by atoms with van der Waals surface area (Å²) in [5.41, 5.74) is 7.99. The molecule has 0 spiro atoms. The molecule has 0 aliphatic rings. The Kier molecular flexibility index (Phi) is 5.19. The number of benzene rings is 6. The number of thiazole rings is 2. The van der Waals surface area contributed by atoms with Crippen molar-refractivity contribution in [1.82, 2.24) is 14.5 Å². The molecule has 0 bridgehead atoms. The minimum Gasteiger partial charge on any atom is -0.285 e. The molecule has 206 valence electrons. The zero-order valence-corrected chi connectivity index (χ0v) is 25.6. The number of thiophene rings is 1. The van der Waals surface area contributed by atoms with E-state index in [-0.39, 0.29) is 0 Å². The molecule has 6 heteroatoms. The van der Waals surface area contributed by atoms with Gasteiger partial charge in [-0.15, -0.1) is 22.7 Å². The maximum Gasteiger partial charge on any atom is 0.195 e. The van der Waals surface area contributed by atoms with Crippen LogP contribution in [0.25, 0.3) is 89.2 Å². The maximum absolute atomic E-state index is 5.08. The van der Waals surface area contributed by atoms with Gasteiger partial charge in [-0.25, -0.2) is 9.97 Å². The van der Waals surface area contributed by atoms with Crippen LogP contribution in [0.5, 0.6) is 0 Å². The Bertz CT molecular complexity index is 2690. The van der Waals surface area contributed by atoms with Crippen LogP contribution >= 0.6 is 34.0 Å². The van der Waals surface area contributed by atoms with E-state index < -0.39 is 0 Å². The zero-order valence-electron chi connectivity index (χ0n) is 23.2. The Morgan fingerprint density at radius 3 is 1.82 bits per heavy atom. The maximum atomic E-state index is 5.08. The molecular formula is C38H21N3S3. The van der Waals surface area contributed by atoms with Crippen molar-refractivity contribution in [1.29, 1.82) is 0 Å². The fourth-order valence-corrected chi connectivity index (χ4v) is 9.52. The summed E-state index contributed by atoms with van der Waals surface area (Å²) < 4.78 is 7.32. The molecular weight excluding hydrogens is 595 g/mol. The predicted molar refractivity (Wildman–Crippen MR) is 191 cm³/mol. The molecule has 0 N–H and O–H groups in total. The van der Waals surface area contributed by atoms with Crippen molar-refractivity contribution in [3.8, 4) is 26.8 Å². The van der Waals surface area contributed by atoms with E-state index in [1.807, 2.05) is 11.3 Å². The standard InChI is InChI=1S/C38H21N3S3/c1-4-10-31-25(7-1)26-8-2-5-11-32(26)41(31)38-40-30-17-14-24(21-36(30)44-38)37-39-29-16-13-23(20-35(29)43-37)22-15-18-34-28(19-22)27-9-3-6-12-33(27)42-34/h1-21H. The summed E-state index contributed by atoms with van der Waals surface area (Å²) in [6.45, 7) is 0. The first kappa shape index (κ1) is 24.6. The Morgan fingerprint density at radius 1 is 0.409 bits per heavy atom. The molecule has 4 aromatic heterocycles. The highest BCUT2D eigenvalue weighted by atomic mass is 32.1. The van der Waals surface area contributed by atoms with Gasteiger partial charge in [-0.05, 0) is 71.8 Å². The topological polar surface area (TPSA) is 30.7 Å². The average molecular weight is 616 g/mol. The lowest BCUT2D eigenvalue weighted by atomic mass is 10.0. The van der Waals surface area contributed by atoms with Gasteiger partial charge in [0.05, 0.1) is 31.5 Å². The van der Waals surface area contributed by atoms with Gasteiger partial charge in [0.2, 0.25) is 0 Å². The molecule has 0 radical (unpaired) electrons. The fourth-order valence-electron chi connectivity index (χ4n) is 6.40. The highest BCUT2D eigenvalue weighted by molar-refractivity contribution is 7.25. The Balaban J connectivity index is 1.05. The second-order valence-electron chi connectivity index (χ2n) is 11.1. The van der Waals surface area contributed by atoms with Gasteiger partial charge in [0.25, 0.3) is 0 Å². The summed E-state index contributed by atoms with van der Waals surface area (Å²) in [5.74, 6) is 0. The molecule has 0 amide bonds. The molecule has 6 aromatic carbocycles. The molecule has 0 unspecified atom stereocenters. The lowest BCUT2D eigenvalue weighted by Gasteiger charge is -2.02. The van der Waals surface area contributed by atoms with Crippen LogP contribution in [0, 0.1) is 0 Å². The van der Waals surface area contributed by atoms with Gasteiger partial charge in [0.15, 0.2) is 5.13 Å². The smallest absolute Gasteiger partial charge is 0.195 e. The van der Waals surface area contributed by atoms with E-state index in [0.717, 1.165) is 31.4 Å². The number of aromatic nitrogens is 3. The molecule has 0 fully saturated rings. The van der Waals surface area contributed by atoms with Crippen LogP contribution in [-0.4, -0.2) is 14.5 Å². The van der Waals surface area contributed by atoms with Gasteiger partial charge in [-0.3, -0.25) is 4.57 Å². The number of nitrogens with zero attached hydrogens (tertiary/aromatic N) is 3. The quantitative estimate of drug-likeness (QED) is 0.198. The molecule has 0 saturated carbocycles. The third-order valence-corrected chi connectivity index (χ3v) is 11.7. The van der Waals surface area contributed by atoms with Crippen LogP contribution in [0.1, 0.15) is 0 Å². The van der Waals surface area contributed by atoms with E-state index in [9.17, 15) is 0 Å². The largest absolute Gasteiger partial charge is 0.285 e. The van der Waals surface area contributed by atoms with Gasteiger partial charge in [0.1, 0.15) is 5.01 Å². The van der Waals surface area contributed by atoms with Gasteiger partial charge < -0.3 is 0 Å². The van der Waals surface area contributed by atoms with Crippen molar-refractivity contribution < 1.29 is 0 Å². The van der Waals surface area contributed by atoms with Crippen LogP contribution in [0.15, 0.2) is 127 Å². The fraction of sp³-hybridized carbons (Fsp3) is 0. The normalized spacial score (nSPS) is 12.1. The third-order valence-electron chi connectivity index (χ3n) is 8.49. The van der Waals surface area contributed by atoms with Gasteiger partial charge in [0, 0.05) is 36.5 Å². The highest BCUT2D eigenvalue weighted by Gasteiger charge is 2.16. The first-order valence-corrected chi connectivity index (χ1v) is 16.9. The van der Waals surface area contributed by atoms with Crippen molar-refractivity contribution in [2.24, 2.45) is 0 Å². The van der Waals surface area contributed by atoms with Crippen molar-refractivity contribution >= 4 is 96.4 Å². The molecule has 4 heterocycles. The van der Waals surface area contributed by atoms with Crippen molar-refractivity contribution in [2.75, 3.05) is 0 Å². The summed E-state index contributed by atoms with van der Waals surface area (Å²) in [5, 5.41) is 7.17. The van der Waals surface area contributed by atoms with Crippen LogP contribution in [0.4, 0.5) is 0 Å². The minimum absolute atomic E-state index is 0.985. The SMILES string of the molecule is c1ccc2c(c1)sc1ccc(-c3ccc4nc(-c5ccc6nc(-n7c8ccccc8c8ccccc87)sc6c5)sc4c3)cc12. The summed E-state index contributed by atoms with van der Waals surface area (Å²) in [6, 6.07) is 45.9. The Morgan fingerprint density at radius 2 is 1.00 bits per heavy atom. The van der Waals surface area contributed by atoms with Gasteiger partial charge in [-0.1, -0.05) is 78.1 Å². The lowest BCUT2D eigenvalue weighted by Crippen LogP contribution is -1.91. The van der Waals surface area contributed by atoms with E-state index in [4.69, 9.17) is 9.97 Å². The second kappa shape index (κ2) is 9.31. The molecule has 0 aliphatic heterocycles. The van der Waals surface area contributed by atoms with Gasteiger partial charge >= 0.3 is 0 Å². The van der Waals surface area contributed by atoms with Crippen molar-refractivity contribution in [2.45, 2.75) is 0 Å². The number of rotatable bonds is 3. The summed E-state index contributed by atoms with van der Waals surface area (Å²) in [4.78, 5) is 10.1. The predicted octanol–water partition coefficient (Wildman–Crippen LogP) is 11.7. The van der Waals surface area contributed by atoms with E-state index in [0.29, 0.717) is 0 Å². The van der Waals surface area contributed by atoms with Gasteiger partial charge in [-0.2, -0.15) is 0 Å². The number of para-hydroxylation sites is 2. The summed E-state index contributed by atoms with van der Waals surface area (Å²) in [6.07, 6.45) is 0. The van der Waals surface area contributed by atoms with Crippen LogP contribution in [0.2, 0.25) is 0 Å². The number of hydrogen-bond donors (Lipinski definition) is 0. The molecule has 10 rings (SSSR count). The highest BCUT2D eigenvalue weighted by Crippen LogP contribution is 2.40. The van der Waals surface area contributed by atoms with Crippen LogP contribution in [0.3, 0.4) is 0 Å². The van der Waals surface area contributed by atoms with E-state index in [1.54, 1.807) is 22.7 Å². The Labute approximate surface area is 263 Å². The number of fused-ring (bicyclic) bond motifs is 8. The third kappa shape index (κ3) is 3.65. The van der Waals surface area contributed by atoms with Crippen LogP contribution in [-0.2, 0) is 0 Å². The monoisotopic (exact) mass is 615 g/mol. The zero-order chi connectivity index (χ0) is 28.8. The van der Waals surface area contributed by atoms with Crippen molar-refractivity contribution in [3.05, 3.63) is 127 Å². The lowest BCUT2D eigenvalue weighted by molar-refractivity contribution is 1.15. The first-order valence-electron chi connectivity index (χ1n) is 14.5. The average Bonchev–Trinajstić information content (AvgIpc) is 3.84. The van der Waals surface area contributed by atoms with Crippen LogP contribution < -0.4 is 0 Å². The minimum atomic E-state index is 0.985. The summed E-state index contributed by atoms with van der Waals surface area (Å²) in [7, 11) is 0. The molecule has 0 atom stereocenters. The van der Waals surface area contributed by atoms with E-state index >= 15 is 0 Å². The molecule has 3 nitrogen and oxygen atoms in total. The molecule has 0 aliphatic carbocycles. The Hall–Kier alpha value is -4.88. The first-order chi connectivity index (χ1) is 21.8. The molecule has 10 aromatic rings. The summed E-state index contributed by atoms with van der Waals surface area (Å²) >= 11 is 5.34. The van der Waals surface area contributed by atoms with E-state index in [1.165, 1.54) is 57.8 Å². The molecule has 44 heavy (non-hydrogen) atoms. The number of hydrogen-bond acceptors (Lipinski definition) is 5. The molecule has 0 saturated heterocycles.